The highest BCUT2D eigenvalue weighted by Gasteiger charge is 2.23. The molecule has 0 atom stereocenters. The lowest BCUT2D eigenvalue weighted by atomic mass is 10.1. The van der Waals surface area contributed by atoms with Crippen LogP contribution in [0.15, 0.2) is 12.1 Å². The zero-order valence-corrected chi connectivity index (χ0v) is 9.91. The molecule has 0 aromatic heterocycles. The second-order valence-corrected chi connectivity index (χ2v) is 3.62. The van der Waals surface area contributed by atoms with Gasteiger partial charge in [0.05, 0.1) is 18.2 Å². The summed E-state index contributed by atoms with van der Waals surface area (Å²) in [6, 6.07) is 3.88. The first-order valence-corrected chi connectivity index (χ1v) is 5.42. The summed E-state index contributed by atoms with van der Waals surface area (Å²) in [5.41, 5.74) is 4.35. The number of hydrogen-bond acceptors (Lipinski definition) is 3. The van der Waals surface area contributed by atoms with Gasteiger partial charge in [0.15, 0.2) is 5.82 Å². The third-order valence-electron chi connectivity index (χ3n) is 2.50. The van der Waals surface area contributed by atoms with E-state index in [1.165, 1.54) is 4.90 Å². The third-order valence-corrected chi connectivity index (χ3v) is 2.50. The van der Waals surface area contributed by atoms with Crippen molar-refractivity contribution in [2.45, 2.75) is 13.3 Å². The van der Waals surface area contributed by atoms with Crippen LogP contribution in [0.3, 0.4) is 0 Å². The molecule has 0 aliphatic heterocycles. The second kappa shape index (κ2) is 5.96. The maximum Gasteiger partial charge on any atom is 0.259 e. The first-order chi connectivity index (χ1) is 8.52. The Bertz CT molecular complexity index is 497. The molecule has 18 heavy (non-hydrogen) atoms. The molecule has 1 aromatic carbocycles. The van der Waals surface area contributed by atoms with Crippen molar-refractivity contribution in [3.63, 3.8) is 0 Å². The van der Waals surface area contributed by atoms with Crippen molar-refractivity contribution in [3.8, 4) is 6.07 Å². The third kappa shape index (κ3) is 2.74. The lowest BCUT2D eigenvalue weighted by Gasteiger charge is -2.20. The van der Waals surface area contributed by atoms with E-state index >= 15 is 0 Å². The normalized spacial score (nSPS) is 9.89. The van der Waals surface area contributed by atoms with Gasteiger partial charge in [-0.25, -0.2) is 8.78 Å². The fourth-order valence-corrected chi connectivity index (χ4v) is 1.51. The molecule has 0 fully saturated rings. The highest BCUT2D eigenvalue weighted by atomic mass is 19.1. The number of nitriles is 1. The maximum atomic E-state index is 13.7. The molecule has 2 N–H and O–H groups in total. The molecule has 0 bridgehead atoms. The summed E-state index contributed by atoms with van der Waals surface area (Å²) in [5.74, 6) is -2.81. The van der Waals surface area contributed by atoms with Crippen molar-refractivity contribution in [2.75, 3.05) is 18.8 Å². The van der Waals surface area contributed by atoms with Gasteiger partial charge in [0.2, 0.25) is 0 Å². The molecular weight excluding hydrogens is 240 g/mol. The van der Waals surface area contributed by atoms with Crippen LogP contribution in [0.1, 0.15) is 23.7 Å². The van der Waals surface area contributed by atoms with E-state index in [0.29, 0.717) is 0 Å². The molecule has 4 nitrogen and oxygen atoms in total. The van der Waals surface area contributed by atoms with Gasteiger partial charge in [0.1, 0.15) is 11.4 Å². The van der Waals surface area contributed by atoms with E-state index in [1.807, 2.05) is 6.07 Å². The number of carbonyl (C=O) groups excluding carboxylic acids is 1. The van der Waals surface area contributed by atoms with Gasteiger partial charge in [-0.1, -0.05) is 0 Å². The average molecular weight is 253 g/mol. The van der Waals surface area contributed by atoms with Crippen LogP contribution in [0.2, 0.25) is 0 Å². The molecule has 6 heteroatoms. The van der Waals surface area contributed by atoms with Crippen LogP contribution in [0.4, 0.5) is 14.5 Å². The van der Waals surface area contributed by atoms with Crippen LogP contribution in [-0.4, -0.2) is 23.9 Å². The quantitative estimate of drug-likeness (QED) is 0.833. The van der Waals surface area contributed by atoms with E-state index in [4.69, 9.17) is 11.0 Å². The zero-order valence-electron chi connectivity index (χ0n) is 9.91. The first-order valence-electron chi connectivity index (χ1n) is 5.42. The minimum Gasteiger partial charge on any atom is -0.396 e. The number of halogens is 2. The summed E-state index contributed by atoms with van der Waals surface area (Å²) in [7, 11) is 0. The van der Waals surface area contributed by atoms with Crippen LogP contribution in [0.5, 0.6) is 0 Å². The Kier molecular flexibility index (Phi) is 4.60. The van der Waals surface area contributed by atoms with E-state index in [0.717, 1.165) is 12.1 Å². The van der Waals surface area contributed by atoms with Crippen LogP contribution >= 0.6 is 0 Å². The second-order valence-electron chi connectivity index (χ2n) is 3.62. The van der Waals surface area contributed by atoms with Gasteiger partial charge in [0, 0.05) is 13.1 Å². The Morgan fingerprint density at radius 2 is 2.17 bits per heavy atom. The Morgan fingerprint density at radius 1 is 1.50 bits per heavy atom. The van der Waals surface area contributed by atoms with Crippen molar-refractivity contribution < 1.29 is 13.6 Å². The molecule has 0 aliphatic carbocycles. The Hall–Kier alpha value is -2.16. The molecule has 0 spiro atoms. The molecule has 0 saturated carbocycles. The first kappa shape index (κ1) is 13.9. The molecule has 96 valence electrons. The summed E-state index contributed by atoms with van der Waals surface area (Å²) in [6.07, 6.45) is 0.102. The van der Waals surface area contributed by atoms with Crippen LogP contribution in [-0.2, 0) is 0 Å². The highest BCUT2D eigenvalue weighted by molar-refractivity contribution is 5.95. The van der Waals surface area contributed by atoms with Crippen molar-refractivity contribution in [3.05, 3.63) is 29.3 Å². The van der Waals surface area contributed by atoms with Crippen molar-refractivity contribution >= 4 is 11.6 Å². The van der Waals surface area contributed by atoms with Crippen LogP contribution in [0, 0.1) is 23.0 Å². The topological polar surface area (TPSA) is 70.1 Å². The lowest BCUT2D eigenvalue weighted by Crippen LogP contribution is -2.33. The number of benzene rings is 1. The predicted octanol–water partition coefficient (Wildman–Crippen LogP) is 1.92. The van der Waals surface area contributed by atoms with Gasteiger partial charge >= 0.3 is 0 Å². The SMILES string of the molecule is CCN(CCC#N)C(=O)c1c(F)ccc(N)c1F. The highest BCUT2D eigenvalue weighted by Crippen LogP contribution is 2.20. The van der Waals surface area contributed by atoms with Crippen molar-refractivity contribution in [1.29, 1.82) is 5.26 Å². The largest absolute Gasteiger partial charge is 0.396 e. The standard InChI is InChI=1S/C12H13F2N3O/c1-2-17(7-3-6-15)12(18)10-8(13)4-5-9(16)11(10)14/h4-5H,2-3,7,16H2,1H3. The van der Waals surface area contributed by atoms with Gasteiger partial charge in [-0.3, -0.25) is 4.79 Å². The van der Waals surface area contributed by atoms with Gasteiger partial charge in [-0.05, 0) is 19.1 Å². The lowest BCUT2D eigenvalue weighted by molar-refractivity contribution is 0.0758. The summed E-state index contributed by atoms with van der Waals surface area (Å²) in [5, 5.41) is 8.46. The number of anilines is 1. The molecule has 1 rings (SSSR count). The van der Waals surface area contributed by atoms with Gasteiger partial charge < -0.3 is 10.6 Å². The van der Waals surface area contributed by atoms with E-state index < -0.39 is 23.1 Å². The number of rotatable bonds is 4. The molecule has 0 unspecified atom stereocenters. The minimum absolute atomic E-state index is 0.102. The predicted molar refractivity (Wildman–Crippen MR) is 62.6 cm³/mol. The fraction of sp³-hybridized carbons (Fsp3) is 0.333. The number of carbonyl (C=O) groups is 1. The number of hydrogen-bond donors (Lipinski definition) is 1. The fourth-order valence-electron chi connectivity index (χ4n) is 1.51. The smallest absolute Gasteiger partial charge is 0.259 e. The van der Waals surface area contributed by atoms with E-state index in [1.54, 1.807) is 6.92 Å². The molecule has 0 aliphatic rings. The molecule has 1 aromatic rings. The Balaban J connectivity index is 3.10. The number of nitrogens with two attached hydrogens (primary N) is 1. The number of amides is 1. The van der Waals surface area contributed by atoms with Gasteiger partial charge in [-0.15, -0.1) is 0 Å². The monoisotopic (exact) mass is 253 g/mol. The number of nitrogens with zero attached hydrogens (tertiary/aromatic N) is 2. The maximum absolute atomic E-state index is 13.7. The van der Waals surface area contributed by atoms with E-state index in [-0.39, 0.29) is 25.2 Å². The van der Waals surface area contributed by atoms with E-state index in [2.05, 4.69) is 0 Å². The van der Waals surface area contributed by atoms with Crippen molar-refractivity contribution in [1.82, 2.24) is 4.90 Å². The van der Waals surface area contributed by atoms with Gasteiger partial charge in [0.25, 0.3) is 5.91 Å². The molecule has 0 heterocycles. The van der Waals surface area contributed by atoms with E-state index in [9.17, 15) is 13.6 Å². The minimum atomic E-state index is -1.06. The molecular formula is C12H13F2N3O. The van der Waals surface area contributed by atoms with Gasteiger partial charge in [-0.2, -0.15) is 5.26 Å². The molecule has 1 amide bonds. The molecule has 0 radical (unpaired) electrons. The number of nitrogen functional groups attached to an aromatic ring is 1. The Morgan fingerprint density at radius 3 is 2.72 bits per heavy atom. The zero-order chi connectivity index (χ0) is 13.7. The average Bonchev–Trinajstić information content (AvgIpc) is 2.35. The van der Waals surface area contributed by atoms with Crippen LogP contribution in [0.25, 0.3) is 0 Å². The molecule has 0 saturated heterocycles. The summed E-state index contributed by atoms with van der Waals surface area (Å²) < 4.78 is 27.1. The van der Waals surface area contributed by atoms with Crippen molar-refractivity contribution in [2.24, 2.45) is 0 Å². The summed E-state index contributed by atoms with van der Waals surface area (Å²) in [6.45, 7) is 2.05. The van der Waals surface area contributed by atoms with Crippen LogP contribution < -0.4 is 5.73 Å². The summed E-state index contributed by atoms with van der Waals surface area (Å²) in [4.78, 5) is 13.2. The summed E-state index contributed by atoms with van der Waals surface area (Å²) >= 11 is 0. The Labute approximate surface area is 104 Å².